The first-order valence-corrected chi connectivity index (χ1v) is 8.79. The number of aromatic amines is 1. The first-order chi connectivity index (χ1) is 12.6. The van der Waals surface area contributed by atoms with E-state index in [1.54, 1.807) is 26.4 Å². The van der Waals surface area contributed by atoms with Gasteiger partial charge >= 0.3 is 0 Å². The minimum Gasteiger partial charge on any atom is -0.496 e. The van der Waals surface area contributed by atoms with Gasteiger partial charge in [0.1, 0.15) is 17.1 Å². The molecule has 0 radical (unpaired) electrons. The third-order valence-corrected chi connectivity index (χ3v) is 5.10. The number of nitrogens with one attached hydrogen (secondary N) is 1. The zero-order valence-corrected chi connectivity index (χ0v) is 15.4. The zero-order chi connectivity index (χ0) is 18.3. The number of hydrogen-bond acceptors (Lipinski definition) is 3. The SMILES string of the molecule is COc1cccc(OC)c1C(=O)N1CCc2[nH]c3ccc(Cl)cc3c2C1. The fourth-order valence-corrected chi connectivity index (χ4v) is 3.75. The van der Waals surface area contributed by atoms with Gasteiger partial charge in [0.05, 0.1) is 14.2 Å². The average Bonchev–Trinajstić information content (AvgIpc) is 3.03. The van der Waals surface area contributed by atoms with Gasteiger partial charge in [0.25, 0.3) is 5.91 Å². The van der Waals surface area contributed by atoms with Crippen LogP contribution in [0.25, 0.3) is 10.9 Å². The molecule has 0 saturated heterocycles. The van der Waals surface area contributed by atoms with Crippen LogP contribution in [0.4, 0.5) is 0 Å². The summed E-state index contributed by atoms with van der Waals surface area (Å²) in [6.07, 6.45) is 0.769. The molecule has 1 amide bonds. The van der Waals surface area contributed by atoms with E-state index in [9.17, 15) is 4.79 Å². The lowest BCUT2D eigenvalue weighted by atomic mass is 10.0. The van der Waals surface area contributed by atoms with Crippen molar-refractivity contribution in [2.24, 2.45) is 0 Å². The number of aromatic nitrogens is 1. The van der Waals surface area contributed by atoms with Crippen molar-refractivity contribution < 1.29 is 14.3 Å². The van der Waals surface area contributed by atoms with Crippen LogP contribution in [0.3, 0.4) is 0 Å². The molecule has 4 rings (SSSR count). The Kier molecular flexibility index (Phi) is 4.24. The molecule has 3 aromatic rings. The van der Waals surface area contributed by atoms with Gasteiger partial charge in [-0.05, 0) is 30.3 Å². The average molecular weight is 371 g/mol. The molecule has 0 saturated carbocycles. The summed E-state index contributed by atoms with van der Waals surface area (Å²) in [6, 6.07) is 11.2. The standard InChI is InChI=1S/C20H19ClN2O3/c1-25-17-4-3-5-18(26-2)19(17)20(24)23-9-8-16-14(11-23)13-10-12(21)6-7-15(13)22-16/h3-7,10,22H,8-9,11H2,1-2H3. The first-order valence-electron chi connectivity index (χ1n) is 8.41. The maximum absolute atomic E-state index is 13.2. The second-order valence-electron chi connectivity index (χ2n) is 6.29. The highest BCUT2D eigenvalue weighted by Gasteiger charge is 2.28. The van der Waals surface area contributed by atoms with Crippen molar-refractivity contribution in [1.29, 1.82) is 0 Å². The number of H-pyrrole nitrogens is 1. The van der Waals surface area contributed by atoms with Gasteiger partial charge in [-0.3, -0.25) is 4.79 Å². The maximum Gasteiger partial charge on any atom is 0.261 e. The van der Waals surface area contributed by atoms with Crippen LogP contribution in [-0.2, 0) is 13.0 Å². The number of nitrogens with zero attached hydrogens (tertiary/aromatic N) is 1. The number of ether oxygens (including phenoxy) is 2. The van der Waals surface area contributed by atoms with Crippen molar-refractivity contribution in [2.75, 3.05) is 20.8 Å². The van der Waals surface area contributed by atoms with Crippen LogP contribution < -0.4 is 9.47 Å². The van der Waals surface area contributed by atoms with E-state index < -0.39 is 0 Å². The van der Waals surface area contributed by atoms with Crippen molar-refractivity contribution in [2.45, 2.75) is 13.0 Å². The Labute approximate surface area is 156 Å². The summed E-state index contributed by atoms with van der Waals surface area (Å²) in [4.78, 5) is 18.5. The Hall–Kier alpha value is -2.66. The van der Waals surface area contributed by atoms with E-state index in [0.29, 0.717) is 35.2 Å². The van der Waals surface area contributed by atoms with Crippen molar-refractivity contribution in [3.05, 3.63) is 58.2 Å². The van der Waals surface area contributed by atoms with Crippen LogP contribution in [0.15, 0.2) is 36.4 Å². The fraction of sp³-hybridized carbons (Fsp3) is 0.250. The van der Waals surface area contributed by atoms with Crippen molar-refractivity contribution in [3.8, 4) is 11.5 Å². The van der Waals surface area contributed by atoms with Gasteiger partial charge in [-0.25, -0.2) is 0 Å². The molecular weight excluding hydrogens is 352 g/mol. The van der Waals surface area contributed by atoms with Crippen molar-refractivity contribution >= 4 is 28.4 Å². The Bertz CT molecular complexity index is 974. The highest BCUT2D eigenvalue weighted by atomic mass is 35.5. The van der Waals surface area contributed by atoms with Crippen LogP contribution in [0.2, 0.25) is 5.02 Å². The molecule has 1 N–H and O–H groups in total. The van der Waals surface area contributed by atoms with Gasteiger partial charge in [0.15, 0.2) is 0 Å². The molecule has 26 heavy (non-hydrogen) atoms. The van der Waals surface area contributed by atoms with Gasteiger partial charge < -0.3 is 19.4 Å². The summed E-state index contributed by atoms with van der Waals surface area (Å²) < 4.78 is 10.8. The van der Waals surface area contributed by atoms with Crippen molar-refractivity contribution in [1.82, 2.24) is 9.88 Å². The number of carbonyl (C=O) groups is 1. The molecular formula is C20H19ClN2O3. The molecule has 2 heterocycles. The van der Waals surface area contributed by atoms with Gasteiger partial charge in [0.2, 0.25) is 0 Å². The molecule has 2 aromatic carbocycles. The highest BCUT2D eigenvalue weighted by molar-refractivity contribution is 6.31. The second kappa shape index (κ2) is 6.57. The minimum absolute atomic E-state index is 0.0960. The Morgan fingerprint density at radius 1 is 1.15 bits per heavy atom. The first kappa shape index (κ1) is 16.8. The Morgan fingerprint density at radius 3 is 2.58 bits per heavy atom. The number of fused-ring (bicyclic) bond motifs is 3. The number of methoxy groups -OCH3 is 2. The van der Waals surface area contributed by atoms with Gasteiger partial charge in [-0.2, -0.15) is 0 Å². The Morgan fingerprint density at radius 2 is 1.88 bits per heavy atom. The molecule has 5 nitrogen and oxygen atoms in total. The molecule has 1 aliphatic heterocycles. The van der Waals surface area contributed by atoms with E-state index in [0.717, 1.165) is 22.9 Å². The van der Waals surface area contributed by atoms with E-state index in [-0.39, 0.29) is 5.91 Å². The number of hydrogen-bond donors (Lipinski definition) is 1. The van der Waals surface area contributed by atoms with Crippen LogP contribution in [0, 0.1) is 0 Å². The predicted octanol–water partition coefficient (Wildman–Crippen LogP) is 4.04. The monoisotopic (exact) mass is 370 g/mol. The van der Waals surface area contributed by atoms with Gasteiger partial charge in [-0.1, -0.05) is 17.7 Å². The van der Waals surface area contributed by atoms with E-state index in [2.05, 4.69) is 4.98 Å². The predicted molar refractivity (Wildman–Crippen MR) is 101 cm³/mol. The molecule has 6 heteroatoms. The summed E-state index contributed by atoms with van der Waals surface area (Å²) in [6.45, 7) is 1.16. The lowest BCUT2D eigenvalue weighted by molar-refractivity contribution is 0.0728. The largest absolute Gasteiger partial charge is 0.496 e. The third kappa shape index (κ3) is 2.69. The molecule has 0 bridgehead atoms. The molecule has 0 aliphatic carbocycles. The summed E-state index contributed by atoms with van der Waals surface area (Å²) in [5.41, 5.74) is 3.79. The van der Waals surface area contributed by atoms with Crippen LogP contribution in [0.1, 0.15) is 21.6 Å². The van der Waals surface area contributed by atoms with Crippen LogP contribution >= 0.6 is 11.6 Å². The van der Waals surface area contributed by atoms with Crippen LogP contribution in [-0.4, -0.2) is 36.6 Å². The quantitative estimate of drug-likeness (QED) is 0.757. The summed E-state index contributed by atoms with van der Waals surface area (Å²) in [5, 5.41) is 1.76. The third-order valence-electron chi connectivity index (χ3n) is 4.87. The fourth-order valence-electron chi connectivity index (χ4n) is 3.58. The van der Waals surface area contributed by atoms with Crippen LogP contribution in [0.5, 0.6) is 11.5 Å². The number of halogens is 1. The molecule has 0 unspecified atom stereocenters. The second-order valence-corrected chi connectivity index (χ2v) is 6.72. The molecule has 0 spiro atoms. The normalized spacial score (nSPS) is 13.6. The molecule has 134 valence electrons. The molecule has 1 aliphatic rings. The van der Waals surface area contributed by atoms with E-state index in [1.807, 2.05) is 29.2 Å². The molecule has 1 aromatic heterocycles. The summed E-state index contributed by atoms with van der Waals surface area (Å²) >= 11 is 6.16. The molecule has 0 fully saturated rings. The number of rotatable bonds is 3. The Balaban J connectivity index is 1.72. The van der Waals surface area contributed by atoms with E-state index >= 15 is 0 Å². The summed E-state index contributed by atoms with van der Waals surface area (Å²) in [5.74, 6) is 0.936. The number of benzene rings is 2. The lowest BCUT2D eigenvalue weighted by Crippen LogP contribution is -2.36. The van der Waals surface area contributed by atoms with Crippen molar-refractivity contribution in [3.63, 3.8) is 0 Å². The van der Waals surface area contributed by atoms with E-state index in [1.165, 1.54) is 5.69 Å². The summed E-state index contributed by atoms with van der Waals surface area (Å²) in [7, 11) is 3.11. The lowest BCUT2D eigenvalue weighted by Gasteiger charge is -2.28. The molecule has 0 atom stereocenters. The highest BCUT2D eigenvalue weighted by Crippen LogP contribution is 2.33. The van der Waals surface area contributed by atoms with Gasteiger partial charge in [0, 0.05) is 46.7 Å². The maximum atomic E-state index is 13.2. The minimum atomic E-state index is -0.0960. The van der Waals surface area contributed by atoms with Gasteiger partial charge in [-0.15, -0.1) is 0 Å². The number of amides is 1. The van der Waals surface area contributed by atoms with E-state index in [4.69, 9.17) is 21.1 Å². The topological polar surface area (TPSA) is 54.6 Å². The smallest absolute Gasteiger partial charge is 0.261 e. The zero-order valence-electron chi connectivity index (χ0n) is 14.6. The number of carbonyl (C=O) groups excluding carboxylic acids is 1.